The summed E-state index contributed by atoms with van der Waals surface area (Å²) in [5.74, 6) is -1.33. The minimum absolute atomic E-state index is 0.217. The standard InChI is InChI=1S/C10H10N4O6S/c1-4-7(9(16)17)5(2-11-4)14-21(19,20)6-3-12-10(18)13-8(6)15/h2-3,11,14H,1H3,(H,16,17)(H2,12,13,15,18). The SMILES string of the molecule is Cc1[nH]cc(NS(=O)(=O)c2c[nH]c(=O)[nH]c2=O)c1C(=O)O. The highest BCUT2D eigenvalue weighted by molar-refractivity contribution is 7.92. The van der Waals surface area contributed by atoms with Gasteiger partial charge in [-0.15, -0.1) is 0 Å². The Morgan fingerprint density at radius 2 is 1.90 bits per heavy atom. The van der Waals surface area contributed by atoms with Gasteiger partial charge in [0.2, 0.25) is 0 Å². The van der Waals surface area contributed by atoms with Gasteiger partial charge in [-0.05, 0) is 6.92 Å². The fourth-order valence-electron chi connectivity index (χ4n) is 1.68. The molecule has 0 bridgehead atoms. The van der Waals surface area contributed by atoms with Crippen LogP contribution in [0.15, 0.2) is 26.9 Å². The van der Waals surface area contributed by atoms with Crippen molar-refractivity contribution in [2.75, 3.05) is 4.72 Å². The molecule has 0 fully saturated rings. The molecule has 0 atom stereocenters. The number of anilines is 1. The summed E-state index contributed by atoms with van der Waals surface area (Å²) in [5.41, 5.74) is -2.21. The van der Waals surface area contributed by atoms with Gasteiger partial charge < -0.3 is 15.1 Å². The number of rotatable bonds is 4. The van der Waals surface area contributed by atoms with Gasteiger partial charge in [-0.2, -0.15) is 0 Å². The Labute approximate surface area is 116 Å². The first-order valence-corrected chi connectivity index (χ1v) is 6.97. The van der Waals surface area contributed by atoms with E-state index in [2.05, 4.69) is 4.98 Å². The second-order valence-electron chi connectivity index (χ2n) is 4.05. The van der Waals surface area contributed by atoms with Crippen molar-refractivity contribution in [3.63, 3.8) is 0 Å². The quantitative estimate of drug-likeness (QED) is 0.495. The van der Waals surface area contributed by atoms with Crippen LogP contribution in [0.5, 0.6) is 0 Å². The van der Waals surface area contributed by atoms with Crippen LogP contribution in [0.1, 0.15) is 16.1 Å². The molecule has 112 valence electrons. The van der Waals surface area contributed by atoms with Gasteiger partial charge in [0.25, 0.3) is 15.6 Å². The lowest BCUT2D eigenvalue weighted by molar-refractivity contribution is 0.0697. The van der Waals surface area contributed by atoms with Crippen LogP contribution in [-0.2, 0) is 10.0 Å². The summed E-state index contributed by atoms with van der Waals surface area (Å²) >= 11 is 0. The van der Waals surface area contributed by atoms with Crippen molar-refractivity contribution in [1.82, 2.24) is 15.0 Å². The van der Waals surface area contributed by atoms with E-state index >= 15 is 0 Å². The van der Waals surface area contributed by atoms with Crippen molar-refractivity contribution in [3.8, 4) is 0 Å². The highest BCUT2D eigenvalue weighted by atomic mass is 32.2. The monoisotopic (exact) mass is 314 g/mol. The summed E-state index contributed by atoms with van der Waals surface area (Å²) < 4.78 is 26.1. The Bertz CT molecular complexity index is 920. The van der Waals surface area contributed by atoms with Crippen LogP contribution in [0.2, 0.25) is 0 Å². The number of aryl methyl sites for hydroxylation is 1. The molecule has 0 aliphatic heterocycles. The minimum atomic E-state index is -4.35. The molecule has 11 heteroatoms. The summed E-state index contributed by atoms with van der Waals surface area (Å²) in [6.07, 6.45) is 1.87. The van der Waals surface area contributed by atoms with E-state index < -0.39 is 32.1 Å². The topological polar surface area (TPSA) is 165 Å². The molecule has 0 aliphatic carbocycles. The average molecular weight is 314 g/mol. The molecular weight excluding hydrogens is 304 g/mol. The summed E-state index contributed by atoms with van der Waals surface area (Å²) in [4.78, 5) is 39.0. The van der Waals surface area contributed by atoms with Crippen molar-refractivity contribution >= 4 is 21.7 Å². The lowest BCUT2D eigenvalue weighted by Crippen LogP contribution is -2.29. The fraction of sp³-hybridized carbons (Fsp3) is 0.100. The largest absolute Gasteiger partial charge is 0.478 e. The third kappa shape index (κ3) is 2.72. The van der Waals surface area contributed by atoms with Gasteiger partial charge in [0.15, 0.2) is 4.90 Å². The van der Waals surface area contributed by atoms with Crippen LogP contribution in [0, 0.1) is 6.92 Å². The van der Waals surface area contributed by atoms with Crippen molar-refractivity contribution in [2.24, 2.45) is 0 Å². The lowest BCUT2D eigenvalue weighted by atomic mass is 10.2. The molecule has 0 spiro atoms. The number of H-pyrrole nitrogens is 3. The summed E-state index contributed by atoms with van der Waals surface area (Å²) in [5, 5.41) is 9.02. The molecule has 2 aromatic heterocycles. The molecule has 21 heavy (non-hydrogen) atoms. The molecule has 2 heterocycles. The summed E-state index contributed by atoms with van der Waals surface area (Å²) in [6.45, 7) is 1.45. The number of nitrogens with one attached hydrogen (secondary N) is 4. The molecule has 0 aromatic carbocycles. The third-order valence-electron chi connectivity index (χ3n) is 2.61. The van der Waals surface area contributed by atoms with E-state index in [0.717, 1.165) is 12.4 Å². The number of sulfonamides is 1. The zero-order chi connectivity index (χ0) is 15.8. The van der Waals surface area contributed by atoms with Crippen LogP contribution in [0.3, 0.4) is 0 Å². The Kier molecular flexibility index (Phi) is 3.43. The number of carboxylic acids is 1. The summed E-state index contributed by atoms with van der Waals surface area (Å²) in [6, 6.07) is 0. The second-order valence-corrected chi connectivity index (χ2v) is 5.70. The summed E-state index contributed by atoms with van der Waals surface area (Å²) in [7, 11) is -4.35. The van der Waals surface area contributed by atoms with E-state index in [4.69, 9.17) is 5.11 Å². The van der Waals surface area contributed by atoms with E-state index in [-0.39, 0.29) is 16.9 Å². The number of hydrogen-bond acceptors (Lipinski definition) is 5. The maximum absolute atomic E-state index is 12.1. The number of hydrogen-bond donors (Lipinski definition) is 5. The number of aromatic amines is 3. The number of carbonyl (C=O) groups is 1. The van der Waals surface area contributed by atoms with E-state index in [9.17, 15) is 22.8 Å². The maximum Gasteiger partial charge on any atom is 0.339 e. The van der Waals surface area contributed by atoms with Crippen LogP contribution < -0.4 is 16.0 Å². The van der Waals surface area contributed by atoms with Gasteiger partial charge >= 0.3 is 11.7 Å². The molecule has 0 amide bonds. The van der Waals surface area contributed by atoms with E-state index in [1.807, 2.05) is 9.71 Å². The predicted octanol–water partition coefficient (Wildman–Crippen LogP) is -0.801. The highest BCUT2D eigenvalue weighted by Crippen LogP contribution is 2.21. The van der Waals surface area contributed by atoms with Crippen molar-refractivity contribution in [3.05, 3.63) is 44.5 Å². The molecule has 0 saturated heterocycles. The van der Waals surface area contributed by atoms with E-state index in [0.29, 0.717) is 0 Å². The first-order valence-electron chi connectivity index (χ1n) is 5.48. The predicted molar refractivity (Wildman–Crippen MR) is 71.0 cm³/mol. The Morgan fingerprint density at radius 3 is 2.48 bits per heavy atom. The van der Waals surface area contributed by atoms with Crippen LogP contribution in [0.4, 0.5) is 5.69 Å². The average Bonchev–Trinajstić information content (AvgIpc) is 2.68. The van der Waals surface area contributed by atoms with Crippen LogP contribution >= 0.6 is 0 Å². The Hall–Kier alpha value is -2.82. The van der Waals surface area contributed by atoms with Gasteiger partial charge in [-0.3, -0.25) is 14.5 Å². The molecule has 5 N–H and O–H groups in total. The van der Waals surface area contributed by atoms with Gasteiger partial charge in [-0.25, -0.2) is 18.0 Å². The zero-order valence-electron chi connectivity index (χ0n) is 10.6. The zero-order valence-corrected chi connectivity index (χ0v) is 11.4. The van der Waals surface area contributed by atoms with Gasteiger partial charge in [-0.1, -0.05) is 0 Å². The molecule has 10 nitrogen and oxygen atoms in total. The van der Waals surface area contributed by atoms with Gasteiger partial charge in [0, 0.05) is 18.1 Å². The number of aromatic carboxylic acids is 1. The van der Waals surface area contributed by atoms with E-state index in [1.54, 1.807) is 4.98 Å². The van der Waals surface area contributed by atoms with Crippen molar-refractivity contribution in [2.45, 2.75) is 11.8 Å². The molecular formula is C10H10N4O6S. The van der Waals surface area contributed by atoms with Crippen LogP contribution in [-0.4, -0.2) is 34.4 Å². The minimum Gasteiger partial charge on any atom is -0.478 e. The fourth-order valence-corrected chi connectivity index (χ4v) is 2.75. The number of carboxylic acid groups (broad SMARTS) is 1. The Morgan fingerprint density at radius 1 is 1.24 bits per heavy atom. The first kappa shape index (κ1) is 14.6. The van der Waals surface area contributed by atoms with Gasteiger partial charge in [0.1, 0.15) is 5.56 Å². The molecule has 0 saturated carbocycles. The third-order valence-corrected chi connectivity index (χ3v) is 3.98. The second kappa shape index (κ2) is 4.94. The van der Waals surface area contributed by atoms with Crippen LogP contribution in [0.25, 0.3) is 0 Å². The van der Waals surface area contributed by atoms with Gasteiger partial charge in [0.05, 0.1) is 5.69 Å². The molecule has 2 aromatic rings. The smallest absolute Gasteiger partial charge is 0.339 e. The normalized spacial score (nSPS) is 11.3. The molecule has 0 radical (unpaired) electrons. The lowest BCUT2D eigenvalue weighted by Gasteiger charge is -2.06. The molecule has 0 unspecified atom stereocenters. The number of aromatic nitrogens is 3. The highest BCUT2D eigenvalue weighted by Gasteiger charge is 2.23. The first-order chi connectivity index (χ1) is 9.72. The molecule has 2 rings (SSSR count). The van der Waals surface area contributed by atoms with E-state index in [1.165, 1.54) is 6.92 Å². The maximum atomic E-state index is 12.1. The molecule has 0 aliphatic rings. The van der Waals surface area contributed by atoms with Crippen molar-refractivity contribution in [1.29, 1.82) is 0 Å². The Balaban J connectivity index is 2.50. The van der Waals surface area contributed by atoms with Crippen molar-refractivity contribution < 1.29 is 18.3 Å².